The number of aliphatic imine (C=N–C) groups is 1. The molecule has 0 saturated heterocycles. The van der Waals surface area contributed by atoms with E-state index in [0.29, 0.717) is 0 Å². The summed E-state index contributed by atoms with van der Waals surface area (Å²) >= 11 is 0. The third-order valence-electron chi connectivity index (χ3n) is 4.26. The van der Waals surface area contributed by atoms with E-state index in [4.69, 9.17) is 0 Å². The minimum absolute atomic E-state index is 0.832. The smallest absolute Gasteiger partial charge is 0.0812 e. The zero-order valence-corrected chi connectivity index (χ0v) is 16.3. The molecule has 0 bridgehead atoms. The molecule has 0 amide bonds. The molecule has 0 aliphatic carbocycles. The van der Waals surface area contributed by atoms with Crippen molar-refractivity contribution >= 4 is 11.9 Å². The molecular formula is C28H18N2. The molecule has 0 unspecified atom stereocenters. The summed E-state index contributed by atoms with van der Waals surface area (Å²) in [5.74, 6) is 12.7. The lowest BCUT2D eigenvalue weighted by Crippen LogP contribution is -1.83. The second-order valence-corrected chi connectivity index (χ2v) is 6.50. The first-order valence-corrected chi connectivity index (χ1v) is 9.59. The lowest BCUT2D eigenvalue weighted by atomic mass is 10.1. The predicted octanol–water partition coefficient (Wildman–Crippen LogP) is 5.63. The van der Waals surface area contributed by atoms with Gasteiger partial charge in [0.25, 0.3) is 0 Å². The molecule has 0 atom stereocenters. The van der Waals surface area contributed by atoms with Crippen LogP contribution in [0, 0.1) is 23.7 Å². The molecule has 0 N–H and O–H groups in total. The maximum absolute atomic E-state index is 4.44. The summed E-state index contributed by atoms with van der Waals surface area (Å²) in [6, 6.07) is 31.5. The van der Waals surface area contributed by atoms with Gasteiger partial charge in [0.2, 0.25) is 0 Å². The molecule has 2 heteroatoms. The van der Waals surface area contributed by atoms with Crippen molar-refractivity contribution < 1.29 is 0 Å². The molecule has 140 valence electrons. The minimum Gasteiger partial charge on any atom is -0.255 e. The number of aromatic nitrogens is 1. The monoisotopic (exact) mass is 382 g/mol. The Hall–Kier alpha value is -4.40. The van der Waals surface area contributed by atoms with Gasteiger partial charge >= 0.3 is 0 Å². The fraction of sp³-hybridized carbons (Fsp3) is 0. The lowest BCUT2D eigenvalue weighted by molar-refractivity contribution is 1.30. The molecule has 0 spiro atoms. The minimum atomic E-state index is 0.832. The second-order valence-electron chi connectivity index (χ2n) is 6.50. The van der Waals surface area contributed by atoms with E-state index in [0.717, 1.165) is 33.6 Å². The Balaban J connectivity index is 1.40. The van der Waals surface area contributed by atoms with Crippen LogP contribution in [-0.4, -0.2) is 11.2 Å². The van der Waals surface area contributed by atoms with E-state index in [-0.39, 0.29) is 0 Å². The highest BCUT2D eigenvalue weighted by Gasteiger charge is 1.92. The number of pyridine rings is 1. The molecule has 0 aliphatic heterocycles. The van der Waals surface area contributed by atoms with Gasteiger partial charge in [-0.25, -0.2) is 0 Å². The van der Waals surface area contributed by atoms with Crippen LogP contribution in [-0.2, 0) is 0 Å². The largest absolute Gasteiger partial charge is 0.255 e. The van der Waals surface area contributed by atoms with Crippen LogP contribution in [0.2, 0.25) is 0 Å². The van der Waals surface area contributed by atoms with Gasteiger partial charge in [-0.1, -0.05) is 47.9 Å². The summed E-state index contributed by atoms with van der Waals surface area (Å²) in [4.78, 5) is 8.66. The molecule has 1 aromatic heterocycles. The standard InChI is InChI=1S/C28H18N2/c1-2-6-23(7-3-1)9-10-24-11-13-25(14-12-24)15-16-26-17-19-27(20-18-26)30-22-28-8-4-5-21-29-28/h1-8,11-14,17-22H. The Labute approximate surface area is 177 Å². The second kappa shape index (κ2) is 9.69. The van der Waals surface area contributed by atoms with Crippen molar-refractivity contribution in [2.45, 2.75) is 0 Å². The van der Waals surface area contributed by atoms with Gasteiger partial charge < -0.3 is 0 Å². The fourth-order valence-electron chi connectivity index (χ4n) is 2.67. The van der Waals surface area contributed by atoms with E-state index < -0.39 is 0 Å². The average molecular weight is 382 g/mol. The van der Waals surface area contributed by atoms with Gasteiger partial charge in [0.15, 0.2) is 0 Å². The molecule has 0 fully saturated rings. The van der Waals surface area contributed by atoms with Gasteiger partial charge in [-0.05, 0) is 72.8 Å². The van der Waals surface area contributed by atoms with Crippen molar-refractivity contribution in [3.63, 3.8) is 0 Å². The Morgan fingerprint density at radius 2 is 1.03 bits per heavy atom. The quantitative estimate of drug-likeness (QED) is 0.326. The van der Waals surface area contributed by atoms with E-state index in [1.807, 2.05) is 97.1 Å². The maximum atomic E-state index is 4.44. The van der Waals surface area contributed by atoms with Gasteiger partial charge in [0.1, 0.15) is 0 Å². The SMILES string of the molecule is C(#Cc1ccc(C#Cc2ccc(N=Cc3ccccn3)cc2)cc1)c1ccccc1. The highest BCUT2D eigenvalue weighted by molar-refractivity contribution is 5.79. The van der Waals surface area contributed by atoms with E-state index in [1.54, 1.807) is 12.4 Å². The molecule has 2 nitrogen and oxygen atoms in total. The highest BCUT2D eigenvalue weighted by atomic mass is 14.8. The van der Waals surface area contributed by atoms with Crippen molar-refractivity contribution in [3.8, 4) is 23.7 Å². The van der Waals surface area contributed by atoms with E-state index in [9.17, 15) is 0 Å². The predicted molar refractivity (Wildman–Crippen MR) is 123 cm³/mol. The zero-order chi connectivity index (χ0) is 20.4. The topological polar surface area (TPSA) is 25.2 Å². The highest BCUT2D eigenvalue weighted by Crippen LogP contribution is 2.12. The van der Waals surface area contributed by atoms with Crippen LogP contribution >= 0.6 is 0 Å². The summed E-state index contributed by atoms with van der Waals surface area (Å²) in [5.41, 5.74) is 5.58. The van der Waals surface area contributed by atoms with Gasteiger partial charge in [-0.2, -0.15) is 0 Å². The Morgan fingerprint density at radius 1 is 0.533 bits per heavy atom. The van der Waals surface area contributed by atoms with Gasteiger partial charge in [-0.3, -0.25) is 9.98 Å². The van der Waals surface area contributed by atoms with Crippen molar-refractivity contribution in [3.05, 3.63) is 131 Å². The van der Waals surface area contributed by atoms with Crippen LogP contribution < -0.4 is 0 Å². The molecular weight excluding hydrogens is 364 g/mol. The van der Waals surface area contributed by atoms with Crippen molar-refractivity contribution in [1.29, 1.82) is 0 Å². The van der Waals surface area contributed by atoms with Gasteiger partial charge in [0.05, 0.1) is 17.6 Å². The number of hydrogen-bond acceptors (Lipinski definition) is 2. The molecule has 4 aromatic rings. The zero-order valence-electron chi connectivity index (χ0n) is 16.3. The summed E-state index contributed by atoms with van der Waals surface area (Å²) in [6.07, 6.45) is 3.51. The molecule has 0 aliphatic rings. The molecule has 3 aromatic carbocycles. The number of rotatable bonds is 2. The Kier molecular flexibility index (Phi) is 6.12. The van der Waals surface area contributed by atoms with Crippen molar-refractivity contribution in [2.24, 2.45) is 4.99 Å². The molecule has 1 heterocycles. The summed E-state index contributed by atoms with van der Waals surface area (Å²) in [5, 5.41) is 0. The summed E-state index contributed by atoms with van der Waals surface area (Å²) in [7, 11) is 0. The van der Waals surface area contributed by atoms with E-state index >= 15 is 0 Å². The Morgan fingerprint density at radius 3 is 1.57 bits per heavy atom. The third-order valence-corrected chi connectivity index (χ3v) is 4.26. The van der Waals surface area contributed by atoms with Crippen LogP contribution in [0.25, 0.3) is 0 Å². The first kappa shape index (κ1) is 18.9. The van der Waals surface area contributed by atoms with E-state index in [2.05, 4.69) is 33.7 Å². The maximum Gasteiger partial charge on any atom is 0.0812 e. The number of nitrogens with zero attached hydrogens (tertiary/aromatic N) is 2. The van der Waals surface area contributed by atoms with Crippen molar-refractivity contribution in [2.75, 3.05) is 0 Å². The van der Waals surface area contributed by atoms with Crippen LogP contribution in [0.15, 0.2) is 108 Å². The molecule has 30 heavy (non-hydrogen) atoms. The van der Waals surface area contributed by atoms with Crippen LogP contribution in [0.4, 0.5) is 5.69 Å². The van der Waals surface area contributed by atoms with Crippen LogP contribution in [0.3, 0.4) is 0 Å². The van der Waals surface area contributed by atoms with E-state index in [1.165, 1.54) is 0 Å². The van der Waals surface area contributed by atoms with Gasteiger partial charge in [0, 0.05) is 28.5 Å². The molecule has 0 radical (unpaired) electrons. The first-order valence-electron chi connectivity index (χ1n) is 9.59. The summed E-state index contributed by atoms with van der Waals surface area (Å²) < 4.78 is 0. The average Bonchev–Trinajstić information content (AvgIpc) is 2.83. The third kappa shape index (κ3) is 5.55. The van der Waals surface area contributed by atoms with Crippen LogP contribution in [0.1, 0.15) is 27.9 Å². The Bertz CT molecular complexity index is 1250. The fourth-order valence-corrected chi connectivity index (χ4v) is 2.67. The lowest BCUT2D eigenvalue weighted by Gasteiger charge is -1.95. The normalized spacial score (nSPS) is 10.0. The first-order chi connectivity index (χ1) is 14.8. The number of hydrogen-bond donors (Lipinski definition) is 0. The van der Waals surface area contributed by atoms with Gasteiger partial charge in [-0.15, -0.1) is 0 Å². The van der Waals surface area contributed by atoms with Crippen LogP contribution in [0.5, 0.6) is 0 Å². The number of benzene rings is 3. The summed E-state index contributed by atoms with van der Waals surface area (Å²) in [6.45, 7) is 0. The molecule has 0 saturated carbocycles. The van der Waals surface area contributed by atoms with Crippen molar-refractivity contribution in [1.82, 2.24) is 4.98 Å². The molecule has 4 rings (SSSR count).